The molecule has 0 aliphatic rings. The van der Waals surface area contributed by atoms with Crippen molar-refractivity contribution in [3.05, 3.63) is 56.9 Å². The van der Waals surface area contributed by atoms with Crippen LogP contribution in [0.25, 0.3) is 0 Å². The Kier molecular flexibility index (Phi) is 4.18. The highest BCUT2D eigenvalue weighted by Crippen LogP contribution is 2.33. The molecule has 0 bridgehead atoms. The Labute approximate surface area is 121 Å². The fourth-order valence-corrected chi connectivity index (χ4v) is 2.96. The lowest BCUT2D eigenvalue weighted by molar-refractivity contribution is 0.499. The Balaban J connectivity index is 2.21. The molecule has 1 aromatic carbocycles. The van der Waals surface area contributed by atoms with Crippen LogP contribution in [0.4, 0.5) is 0 Å². The Morgan fingerprint density at radius 1 is 1.11 bits per heavy atom. The van der Waals surface area contributed by atoms with Gasteiger partial charge in [0.2, 0.25) is 0 Å². The molecular weight excluding hydrogens is 312 g/mol. The summed E-state index contributed by atoms with van der Waals surface area (Å²) in [7, 11) is 0. The van der Waals surface area contributed by atoms with Gasteiger partial charge in [-0.1, -0.05) is 28.1 Å². The van der Waals surface area contributed by atoms with Gasteiger partial charge in [-0.25, -0.2) is 0 Å². The Hall–Kier alpha value is -0.730. The first-order valence-corrected chi connectivity index (χ1v) is 7.17. The molecule has 0 saturated heterocycles. The lowest BCUT2D eigenvalue weighted by Crippen LogP contribution is -1.98. The summed E-state index contributed by atoms with van der Waals surface area (Å²) in [6.07, 6.45) is 0.815. The molecule has 3 heteroatoms. The third kappa shape index (κ3) is 2.81. The second-order valence-electron chi connectivity index (χ2n) is 4.55. The first-order chi connectivity index (χ1) is 8.49. The average molecular weight is 328 g/mol. The van der Waals surface area contributed by atoms with Gasteiger partial charge in [0, 0.05) is 10.0 Å². The van der Waals surface area contributed by atoms with Crippen LogP contribution in [0.1, 0.15) is 33.6 Å². The van der Waals surface area contributed by atoms with E-state index < -0.39 is 0 Å². The zero-order valence-electron chi connectivity index (χ0n) is 10.8. The van der Waals surface area contributed by atoms with Crippen LogP contribution in [-0.4, -0.2) is 0 Å². The quantitative estimate of drug-likeness (QED) is 0.679. The van der Waals surface area contributed by atoms with E-state index in [1.165, 1.54) is 11.1 Å². The predicted octanol–water partition coefficient (Wildman–Crippen LogP) is 5.49. The van der Waals surface area contributed by atoms with Crippen molar-refractivity contribution in [1.82, 2.24) is 0 Å². The summed E-state index contributed by atoms with van der Waals surface area (Å²) < 4.78 is 6.72. The van der Waals surface area contributed by atoms with Crippen molar-refractivity contribution < 1.29 is 4.42 Å². The molecule has 1 heterocycles. The van der Waals surface area contributed by atoms with Crippen molar-refractivity contribution in [2.45, 2.75) is 32.6 Å². The monoisotopic (exact) mass is 326 g/mol. The van der Waals surface area contributed by atoms with Crippen molar-refractivity contribution in [3.8, 4) is 0 Å². The third-order valence-electron chi connectivity index (χ3n) is 3.26. The maximum absolute atomic E-state index is 6.53. The Morgan fingerprint density at radius 2 is 1.72 bits per heavy atom. The van der Waals surface area contributed by atoms with Gasteiger partial charge in [0.1, 0.15) is 11.5 Å². The number of furan rings is 1. The molecule has 1 atom stereocenters. The highest BCUT2D eigenvalue weighted by atomic mass is 79.9. The molecule has 0 radical (unpaired) electrons. The standard InChI is InChI=1S/C15H16BrClO/c1-9-10(2)18-11(3)15(9)14(17)8-12-4-6-13(16)7-5-12/h4-7,14H,8H2,1-3H3. The van der Waals surface area contributed by atoms with E-state index in [1.807, 2.05) is 26.0 Å². The summed E-state index contributed by atoms with van der Waals surface area (Å²) in [5.41, 5.74) is 3.54. The normalized spacial score (nSPS) is 12.7. The zero-order chi connectivity index (χ0) is 13.3. The molecule has 0 N–H and O–H groups in total. The van der Waals surface area contributed by atoms with E-state index in [0.717, 1.165) is 28.0 Å². The van der Waals surface area contributed by atoms with Gasteiger partial charge in [-0.3, -0.25) is 0 Å². The molecule has 0 saturated carbocycles. The Morgan fingerprint density at radius 3 is 2.22 bits per heavy atom. The van der Waals surface area contributed by atoms with Crippen molar-refractivity contribution in [3.63, 3.8) is 0 Å². The average Bonchev–Trinajstić information content (AvgIpc) is 2.56. The minimum atomic E-state index is -0.0383. The molecule has 0 aliphatic carbocycles. The molecule has 2 aromatic rings. The molecule has 96 valence electrons. The molecule has 0 fully saturated rings. The summed E-state index contributed by atoms with van der Waals surface area (Å²) in [6, 6.07) is 8.27. The minimum absolute atomic E-state index is 0.0383. The zero-order valence-corrected chi connectivity index (χ0v) is 13.1. The highest BCUT2D eigenvalue weighted by Gasteiger charge is 2.19. The molecule has 0 amide bonds. The van der Waals surface area contributed by atoms with Crippen LogP contribution in [0.15, 0.2) is 33.2 Å². The van der Waals surface area contributed by atoms with Crippen molar-refractivity contribution in [1.29, 1.82) is 0 Å². The lowest BCUT2D eigenvalue weighted by Gasteiger charge is -2.10. The maximum atomic E-state index is 6.53. The van der Waals surface area contributed by atoms with Crippen LogP contribution in [-0.2, 0) is 6.42 Å². The van der Waals surface area contributed by atoms with Crippen LogP contribution in [0.2, 0.25) is 0 Å². The summed E-state index contributed by atoms with van der Waals surface area (Å²) in [6.45, 7) is 6.03. The summed E-state index contributed by atoms with van der Waals surface area (Å²) in [4.78, 5) is 0. The van der Waals surface area contributed by atoms with E-state index in [9.17, 15) is 0 Å². The number of benzene rings is 1. The third-order valence-corrected chi connectivity index (χ3v) is 4.16. The van der Waals surface area contributed by atoms with Gasteiger partial charge in [0.15, 0.2) is 0 Å². The van der Waals surface area contributed by atoms with E-state index in [1.54, 1.807) is 0 Å². The summed E-state index contributed by atoms with van der Waals surface area (Å²) in [5.74, 6) is 1.89. The van der Waals surface area contributed by atoms with E-state index in [0.29, 0.717) is 0 Å². The van der Waals surface area contributed by atoms with E-state index >= 15 is 0 Å². The summed E-state index contributed by atoms with van der Waals surface area (Å²) in [5, 5.41) is -0.0383. The van der Waals surface area contributed by atoms with Crippen molar-refractivity contribution >= 4 is 27.5 Å². The number of hydrogen-bond donors (Lipinski definition) is 0. The topological polar surface area (TPSA) is 13.1 Å². The first-order valence-electron chi connectivity index (χ1n) is 5.94. The Bertz CT molecular complexity index is 542. The second kappa shape index (κ2) is 5.50. The van der Waals surface area contributed by atoms with Crippen LogP contribution in [0.3, 0.4) is 0 Å². The van der Waals surface area contributed by atoms with Crippen molar-refractivity contribution in [2.24, 2.45) is 0 Å². The number of hydrogen-bond acceptors (Lipinski definition) is 1. The molecule has 0 aliphatic heterocycles. The predicted molar refractivity (Wildman–Crippen MR) is 79.4 cm³/mol. The lowest BCUT2D eigenvalue weighted by atomic mass is 10.0. The summed E-state index contributed by atoms with van der Waals surface area (Å²) >= 11 is 9.97. The molecule has 2 rings (SSSR count). The minimum Gasteiger partial charge on any atom is -0.466 e. The van der Waals surface area contributed by atoms with Crippen molar-refractivity contribution in [2.75, 3.05) is 0 Å². The van der Waals surface area contributed by atoms with Gasteiger partial charge in [0.25, 0.3) is 0 Å². The maximum Gasteiger partial charge on any atom is 0.106 e. The number of aryl methyl sites for hydroxylation is 2. The van der Waals surface area contributed by atoms with E-state index in [-0.39, 0.29) is 5.38 Å². The molecule has 1 aromatic heterocycles. The van der Waals surface area contributed by atoms with Gasteiger partial charge in [-0.05, 0) is 50.5 Å². The number of alkyl halides is 1. The second-order valence-corrected chi connectivity index (χ2v) is 5.99. The fourth-order valence-electron chi connectivity index (χ4n) is 2.20. The first kappa shape index (κ1) is 13.7. The van der Waals surface area contributed by atoms with Crippen LogP contribution in [0.5, 0.6) is 0 Å². The smallest absolute Gasteiger partial charge is 0.106 e. The van der Waals surface area contributed by atoms with E-state index in [2.05, 4.69) is 35.0 Å². The van der Waals surface area contributed by atoms with Crippen LogP contribution in [0, 0.1) is 20.8 Å². The van der Waals surface area contributed by atoms with Gasteiger partial charge in [0.05, 0.1) is 5.38 Å². The molecule has 0 spiro atoms. The molecule has 18 heavy (non-hydrogen) atoms. The van der Waals surface area contributed by atoms with Gasteiger partial charge in [-0.2, -0.15) is 0 Å². The van der Waals surface area contributed by atoms with E-state index in [4.69, 9.17) is 16.0 Å². The number of halogens is 2. The SMILES string of the molecule is Cc1oc(C)c(C(Cl)Cc2ccc(Br)cc2)c1C. The molecular formula is C15H16BrClO. The van der Waals surface area contributed by atoms with Gasteiger partial charge in [-0.15, -0.1) is 11.6 Å². The highest BCUT2D eigenvalue weighted by molar-refractivity contribution is 9.10. The van der Waals surface area contributed by atoms with Gasteiger partial charge >= 0.3 is 0 Å². The van der Waals surface area contributed by atoms with Crippen LogP contribution >= 0.6 is 27.5 Å². The largest absolute Gasteiger partial charge is 0.466 e. The van der Waals surface area contributed by atoms with Crippen LogP contribution < -0.4 is 0 Å². The fraction of sp³-hybridized carbons (Fsp3) is 0.333. The number of rotatable bonds is 3. The molecule has 1 nitrogen and oxygen atoms in total. The van der Waals surface area contributed by atoms with Gasteiger partial charge < -0.3 is 4.42 Å². The molecule has 1 unspecified atom stereocenters.